The normalized spacial score (nSPS) is 30.8. The van der Waals surface area contributed by atoms with Gasteiger partial charge in [0.25, 0.3) is 5.91 Å². The molecule has 25 heavy (non-hydrogen) atoms. The first kappa shape index (κ1) is 18.5. The second kappa shape index (κ2) is 8.85. The van der Waals surface area contributed by atoms with Crippen molar-refractivity contribution in [2.24, 2.45) is 10.9 Å². The first-order chi connectivity index (χ1) is 12.2. The fraction of sp³-hybridized carbons (Fsp3) is 0.889. The molecule has 2 aliphatic heterocycles. The van der Waals surface area contributed by atoms with E-state index in [1.165, 1.54) is 0 Å². The van der Waals surface area contributed by atoms with Crippen molar-refractivity contribution in [3.63, 3.8) is 0 Å². The van der Waals surface area contributed by atoms with Crippen molar-refractivity contribution in [1.29, 1.82) is 0 Å². The fourth-order valence-electron chi connectivity index (χ4n) is 3.97. The van der Waals surface area contributed by atoms with Gasteiger partial charge in [-0.2, -0.15) is 0 Å². The van der Waals surface area contributed by atoms with Gasteiger partial charge in [-0.15, -0.1) is 0 Å². The summed E-state index contributed by atoms with van der Waals surface area (Å²) in [4.78, 5) is 21.4. The summed E-state index contributed by atoms with van der Waals surface area (Å²) in [5.74, 6) is 1.34. The molecule has 3 fully saturated rings. The smallest absolute Gasteiger partial charge is 0.251 e. The van der Waals surface area contributed by atoms with Gasteiger partial charge in [-0.05, 0) is 32.6 Å². The summed E-state index contributed by atoms with van der Waals surface area (Å²) in [5.41, 5.74) is 0. The number of aliphatic hydroxyl groups is 1. The maximum Gasteiger partial charge on any atom is 0.251 e. The van der Waals surface area contributed by atoms with E-state index in [2.05, 4.69) is 17.1 Å². The minimum absolute atomic E-state index is 0.146. The van der Waals surface area contributed by atoms with Crippen LogP contribution in [0.5, 0.6) is 0 Å². The van der Waals surface area contributed by atoms with Gasteiger partial charge in [0.1, 0.15) is 6.10 Å². The van der Waals surface area contributed by atoms with Crippen LogP contribution in [-0.2, 0) is 9.53 Å². The molecule has 2 N–H and O–H groups in total. The van der Waals surface area contributed by atoms with Crippen LogP contribution in [0, 0.1) is 5.92 Å². The highest BCUT2D eigenvalue weighted by Gasteiger charge is 2.31. The Morgan fingerprint density at radius 1 is 1.16 bits per heavy atom. The van der Waals surface area contributed by atoms with Gasteiger partial charge in [-0.3, -0.25) is 9.79 Å². The summed E-state index contributed by atoms with van der Waals surface area (Å²) in [5, 5.41) is 13.3. The number of carbonyl (C=O) groups is 1. The first-order valence-corrected chi connectivity index (χ1v) is 9.80. The number of rotatable bonds is 4. The molecule has 1 amide bonds. The van der Waals surface area contributed by atoms with Crippen LogP contribution in [0.1, 0.15) is 39.0 Å². The van der Waals surface area contributed by atoms with E-state index < -0.39 is 0 Å². The zero-order valence-corrected chi connectivity index (χ0v) is 15.3. The van der Waals surface area contributed by atoms with E-state index in [-0.39, 0.29) is 24.0 Å². The number of carbonyl (C=O) groups excluding carboxylic acids is 1. The summed E-state index contributed by atoms with van der Waals surface area (Å²) in [6.07, 6.45) is 4.48. The van der Waals surface area contributed by atoms with Crippen LogP contribution in [-0.4, -0.2) is 84.9 Å². The number of ether oxygens (including phenoxy) is 1. The third kappa shape index (κ3) is 4.64. The molecular formula is C18H32N4O3. The lowest BCUT2D eigenvalue weighted by molar-refractivity contribution is -0.142. The topological polar surface area (TPSA) is 77.4 Å². The molecule has 1 saturated carbocycles. The van der Waals surface area contributed by atoms with Crippen molar-refractivity contribution >= 4 is 11.9 Å². The van der Waals surface area contributed by atoms with Crippen molar-refractivity contribution in [2.45, 2.75) is 51.2 Å². The molecular weight excluding hydrogens is 320 g/mol. The van der Waals surface area contributed by atoms with Crippen molar-refractivity contribution < 1.29 is 14.6 Å². The summed E-state index contributed by atoms with van der Waals surface area (Å²) < 4.78 is 5.52. The number of hydrogen-bond acceptors (Lipinski definition) is 4. The van der Waals surface area contributed by atoms with Crippen LogP contribution in [0.4, 0.5) is 0 Å². The lowest BCUT2D eigenvalue weighted by atomic mass is 10.1. The molecule has 1 aliphatic carbocycles. The Labute approximate surface area is 150 Å². The lowest BCUT2D eigenvalue weighted by Gasteiger charge is -2.37. The quantitative estimate of drug-likeness (QED) is 0.567. The van der Waals surface area contributed by atoms with Gasteiger partial charge < -0.3 is 25.0 Å². The highest BCUT2D eigenvalue weighted by Crippen LogP contribution is 2.25. The van der Waals surface area contributed by atoms with E-state index in [1.807, 2.05) is 4.90 Å². The maximum absolute atomic E-state index is 12.4. The SMILES string of the molecule is CCNC(=NCC1CCCC1O)N1CCN(C(=O)C2CCCO2)CC1. The zero-order valence-electron chi connectivity index (χ0n) is 15.3. The number of piperazine rings is 1. The van der Waals surface area contributed by atoms with Crippen LogP contribution in [0.3, 0.4) is 0 Å². The number of aliphatic hydroxyl groups excluding tert-OH is 1. The molecule has 142 valence electrons. The molecule has 7 heteroatoms. The van der Waals surface area contributed by atoms with Crippen molar-refractivity contribution in [3.8, 4) is 0 Å². The highest BCUT2D eigenvalue weighted by molar-refractivity contribution is 5.82. The minimum atomic E-state index is -0.225. The Balaban J connectivity index is 1.52. The Hall–Kier alpha value is -1.34. The molecule has 3 atom stereocenters. The Bertz CT molecular complexity index is 471. The van der Waals surface area contributed by atoms with Crippen molar-refractivity contribution in [1.82, 2.24) is 15.1 Å². The molecule has 0 radical (unpaired) electrons. The predicted molar refractivity (Wildman–Crippen MR) is 96.5 cm³/mol. The molecule has 3 unspecified atom stereocenters. The summed E-state index contributed by atoms with van der Waals surface area (Å²) >= 11 is 0. The van der Waals surface area contributed by atoms with Crippen LogP contribution in [0.25, 0.3) is 0 Å². The van der Waals surface area contributed by atoms with Crippen LogP contribution in [0.2, 0.25) is 0 Å². The molecule has 2 saturated heterocycles. The van der Waals surface area contributed by atoms with Crippen LogP contribution in [0.15, 0.2) is 4.99 Å². The number of hydrogen-bond donors (Lipinski definition) is 2. The Morgan fingerprint density at radius 2 is 1.92 bits per heavy atom. The number of nitrogens with one attached hydrogen (secondary N) is 1. The maximum atomic E-state index is 12.4. The molecule has 0 aromatic heterocycles. The van der Waals surface area contributed by atoms with Gasteiger partial charge in [0.05, 0.1) is 6.10 Å². The molecule has 0 aromatic carbocycles. The van der Waals surface area contributed by atoms with Gasteiger partial charge in [0.15, 0.2) is 5.96 Å². The summed E-state index contributed by atoms with van der Waals surface area (Å²) in [7, 11) is 0. The van der Waals surface area contributed by atoms with E-state index in [1.54, 1.807) is 0 Å². The van der Waals surface area contributed by atoms with E-state index in [0.717, 1.165) is 70.8 Å². The van der Waals surface area contributed by atoms with Gasteiger partial charge in [-0.1, -0.05) is 6.42 Å². The molecule has 7 nitrogen and oxygen atoms in total. The second-order valence-corrected chi connectivity index (χ2v) is 7.27. The minimum Gasteiger partial charge on any atom is -0.393 e. The first-order valence-electron chi connectivity index (χ1n) is 9.80. The van der Waals surface area contributed by atoms with E-state index in [0.29, 0.717) is 13.2 Å². The largest absolute Gasteiger partial charge is 0.393 e. The van der Waals surface area contributed by atoms with Crippen LogP contribution < -0.4 is 5.32 Å². The van der Waals surface area contributed by atoms with Crippen molar-refractivity contribution in [3.05, 3.63) is 0 Å². The van der Waals surface area contributed by atoms with Gasteiger partial charge in [0, 0.05) is 51.8 Å². The molecule has 3 rings (SSSR count). The predicted octanol–water partition coefficient (Wildman–Crippen LogP) is 0.436. The second-order valence-electron chi connectivity index (χ2n) is 7.27. The fourth-order valence-corrected chi connectivity index (χ4v) is 3.97. The molecule has 0 spiro atoms. The van der Waals surface area contributed by atoms with Gasteiger partial charge in [-0.25, -0.2) is 0 Å². The van der Waals surface area contributed by atoms with E-state index in [9.17, 15) is 9.90 Å². The molecule has 0 bridgehead atoms. The summed E-state index contributed by atoms with van der Waals surface area (Å²) in [6.45, 7) is 7.29. The average molecular weight is 352 g/mol. The van der Waals surface area contributed by atoms with Gasteiger partial charge in [0.2, 0.25) is 0 Å². The third-order valence-corrected chi connectivity index (χ3v) is 5.53. The van der Waals surface area contributed by atoms with E-state index >= 15 is 0 Å². The lowest BCUT2D eigenvalue weighted by Crippen LogP contribution is -2.55. The standard InChI is InChI=1S/C18H32N4O3/c1-2-19-18(20-13-14-5-3-6-15(14)23)22-10-8-21(9-11-22)17(24)16-7-4-12-25-16/h14-16,23H,2-13H2,1H3,(H,19,20). The molecule has 3 aliphatic rings. The van der Waals surface area contributed by atoms with E-state index in [4.69, 9.17) is 9.73 Å². The number of aliphatic imine (C=N–C) groups is 1. The third-order valence-electron chi connectivity index (χ3n) is 5.53. The molecule has 0 aromatic rings. The highest BCUT2D eigenvalue weighted by atomic mass is 16.5. The molecule has 2 heterocycles. The number of nitrogens with zero attached hydrogens (tertiary/aromatic N) is 3. The van der Waals surface area contributed by atoms with Crippen LogP contribution >= 0.6 is 0 Å². The Morgan fingerprint density at radius 3 is 2.52 bits per heavy atom. The average Bonchev–Trinajstić information content (AvgIpc) is 3.30. The summed E-state index contributed by atoms with van der Waals surface area (Å²) in [6, 6.07) is 0. The number of amides is 1. The van der Waals surface area contributed by atoms with Gasteiger partial charge >= 0.3 is 0 Å². The zero-order chi connectivity index (χ0) is 17.6. The number of guanidine groups is 1. The van der Waals surface area contributed by atoms with Crippen molar-refractivity contribution in [2.75, 3.05) is 45.9 Å². The monoisotopic (exact) mass is 352 g/mol. The Kier molecular flexibility index (Phi) is 6.53.